The highest BCUT2D eigenvalue weighted by Gasteiger charge is 2.31. The number of amides is 1. The van der Waals surface area contributed by atoms with Crippen molar-refractivity contribution < 1.29 is 9.90 Å². The first-order valence-electron chi connectivity index (χ1n) is 9.89. The van der Waals surface area contributed by atoms with E-state index in [-0.39, 0.29) is 5.91 Å². The summed E-state index contributed by atoms with van der Waals surface area (Å²) in [5, 5.41) is 13.9. The number of aliphatic hydroxyl groups is 1. The molecule has 0 radical (unpaired) electrons. The zero-order valence-corrected chi connectivity index (χ0v) is 17.5. The number of halogens is 1. The molecule has 0 aromatic heterocycles. The molecule has 2 aliphatic heterocycles. The van der Waals surface area contributed by atoms with E-state index in [0.717, 1.165) is 72.0 Å². The van der Waals surface area contributed by atoms with E-state index in [4.69, 9.17) is 0 Å². The van der Waals surface area contributed by atoms with Crippen LogP contribution in [0.3, 0.4) is 0 Å². The molecular weight excluding hydrogens is 392 g/mol. The van der Waals surface area contributed by atoms with Crippen LogP contribution >= 0.6 is 15.9 Å². The van der Waals surface area contributed by atoms with Crippen molar-refractivity contribution in [2.75, 3.05) is 26.2 Å². The lowest BCUT2D eigenvalue weighted by atomic mass is 9.79. The molecule has 2 saturated heterocycles. The van der Waals surface area contributed by atoms with E-state index < -0.39 is 6.10 Å². The predicted molar refractivity (Wildman–Crippen MR) is 108 cm³/mol. The van der Waals surface area contributed by atoms with Crippen LogP contribution in [0.25, 0.3) is 0 Å². The van der Waals surface area contributed by atoms with Gasteiger partial charge in [-0.2, -0.15) is 0 Å². The van der Waals surface area contributed by atoms with Gasteiger partial charge in [-0.15, -0.1) is 0 Å². The van der Waals surface area contributed by atoms with E-state index in [1.165, 1.54) is 12.8 Å². The number of rotatable bonds is 4. The average molecular weight is 423 g/mol. The van der Waals surface area contributed by atoms with Crippen molar-refractivity contribution in [3.05, 3.63) is 33.3 Å². The summed E-state index contributed by atoms with van der Waals surface area (Å²) in [5.41, 5.74) is 3.30. The largest absolute Gasteiger partial charge is 0.383 e. The lowest BCUT2D eigenvalue weighted by Crippen LogP contribution is -2.46. The zero-order valence-electron chi connectivity index (χ0n) is 15.9. The summed E-state index contributed by atoms with van der Waals surface area (Å²) < 4.78 is 1.10. The van der Waals surface area contributed by atoms with E-state index in [1.54, 1.807) is 0 Å². The van der Waals surface area contributed by atoms with Crippen molar-refractivity contribution >= 4 is 21.8 Å². The third kappa shape index (κ3) is 4.68. The van der Waals surface area contributed by atoms with E-state index in [2.05, 4.69) is 33.4 Å². The van der Waals surface area contributed by atoms with Gasteiger partial charge in [-0.25, -0.2) is 0 Å². The summed E-state index contributed by atoms with van der Waals surface area (Å²) >= 11 is 3.57. The fourth-order valence-corrected chi connectivity index (χ4v) is 4.81. The number of carbonyl (C=O) groups excluding carboxylic acids is 1. The molecule has 0 saturated carbocycles. The van der Waals surface area contributed by atoms with Crippen molar-refractivity contribution in [1.82, 2.24) is 10.2 Å². The molecule has 2 heterocycles. The summed E-state index contributed by atoms with van der Waals surface area (Å²) in [6, 6.07) is 4.11. The molecule has 2 N–H and O–H groups in total. The van der Waals surface area contributed by atoms with Gasteiger partial charge in [0, 0.05) is 24.0 Å². The molecule has 1 aromatic rings. The Morgan fingerprint density at radius 2 is 1.69 bits per heavy atom. The SMILES string of the molecule is Cc1cc(C[C@@H](O)C(=O)N2CCC(C3CCNCC3)CC2)cc(C)c1Br. The highest BCUT2D eigenvalue weighted by Crippen LogP contribution is 2.31. The van der Waals surface area contributed by atoms with Crippen molar-refractivity contribution in [3.8, 4) is 0 Å². The standard InChI is InChI=1S/C21H31BrN2O2/c1-14-11-16(12-15(2)20(14)22)13-19(25)21(26)24-9-5-18(6-10-24)17-3-7-23-8-4-17/h11-12,17-19,23,25H,3-10,13H2,1-2H3/t19-/m1/s1. The molecule has 1 aromatic carbocycles. The fourth-order valence-electron chi connectivity index (χ4n) is 4.58. The second-order valence-corrected chi connectivity index (χ2v) is 8.81. The minimum atomic E-state index is -0.939. The fraction of sp³-hybridized carbons (Fsp3) is 0.667. The normalized spacial score (nSPS) is 21.0. The topological polar surface area (TPSA) is 52.6 Å². The zero-order chi connectivity index (χ0) is 18.7. The number of nitrogens with zero attached hydrogens (tertiary/aromatic N) is 1. The van der Waals surface area contributed by atoms with Gasteiger partial charge in [0.1, 0.15) is 6.10 Å². The number of hydrogen-bond donors (Lipinski definition) is 2. The lowest BCUT2D eigenvalue weighted by molar-refractivity contribution is -0.141. The summed E-state index contributed by atoms with van der Waals surface area (Å²) in [5.74, 6) is 1.45. The maximum absolute atomic E-state index is 12.7. The quantitative estimate of drug-likeness (QED) is 0.782. The molecule has 1 atom stereocenters. The van der Waals surface area contributed by atoms with Crippen LogP contribution in [-0.2, 0) is 11.2 Å². The highest BCUT2D eigenvalue weighted by atomic mass is 79.9. The Morgan fingerprint density at radius 3 is 2.27 bits per heavy atom. The van der Waals surface area contributed by atoms with Crippen LogP contribution in [0.15, 0.2) is 16.6 Å². The van der Waals surface area contributed by atoms with Gasteiger partial charge in [0.15, 0.2) is 0 Å². The molecule has 0 unspecified atom stereocenters. The number of aliphatic hydroxyl groups excluding tert-OH is 1. The first kappa shape index (κ1) is 19.8. The Balaban J connectivity index is 1.53. The molecule has 2 aliphatic rings. The summed E-state index contributed by atoms with van der Waals surface area (Å²) in [6.07, 6.45) is 4.15. The predicted octanol–water partition coefficient (Wildman–Crippen LogP) is 3.21. The smallest absolute Gasteiger partial charge is 0.251 e. The molecule has 5 heteroatoms. The Bertz CT molecular complexity index is 612. The van der Waals surface area contributed by atoms with Crippen LogP contribution < -0.4 is 5.32 Å². The second kappa shape index (κ2) is 8.85. The number of hydrogen-bond acceptors (Lipinski definition) is 3. The van der Waals surface area contributed by atoms with Crippen LogP contribution in [0.5, 0.6) is 0 Å². The number of piperidine rings is 2. The Kier molecular flexibility index (Phi) is 6.76. The third-order valence-corrected chi connectivity index (χ3v) is 7.36. The maximum Gasteiger partial charge on any atom is 0.251 e. The van der Waals surface area contributed by atoms with E-state index >= 15 is 0 Å². The first-order valence-corrected chi connectivity index (χ1v) is 10.7. The average Bonchev–Trinajstić information content (AvgIpc) is 2.66. The van der Waals surface area contributed by atoms with Gasteiger partial charge in [0.25, 0.3) is 5.91 Å². The molecule has 1 amide bonds. The van der Waals surface area contributed by atoms with Gasteiger partial charge in [-0.05, 0) is 81.1 Å². The molecule has 0 bridgehead atoms. The van der Waals surface area contributed by atoms with Gasteiger partial charge >= 0.3 is 0 Å². The van der Waals surface area contributed by atoms with Crippen LogP contribution in [0.2, 0.25) is 0 Å². The molecular formula is C21H31BrN2O2. The number of carbonyl (C=O) groups is 1. The van der Waals surface area contributed by atoms with Crippen molar-refractivity contribution in [2.45, 2.75) is 52.1 Å². The van der Waals surface area contributed by atoms with Gasteiger partial charge < -0.3 is 15.3 Å². The van der Waals surface area contributed by atoms with Crippen LogP contribution in [-0.4, -0.2) is 48.2 Å². The molecule has 0 aliphatic carbocycles. The van der Waals surface area contributed by atoms with E-state index in [0.29, 0.717) is 6.42 Å². The molecule has 144 valence electrons. The monoisotopic (exact) mass is 422 g/mol. The Morgan fingerprint density at radius 1 is 1.15 bits per heavy atom. The lowest BCUT2D eigenvalue weighted by Gasteiger charge is -2.38. The van der Waals surface area contributed by atoms with Crippen LogP contribution in [0.4, 0.5) is 0 Å². The number of benzene rings is 1. The Hall–Kier alpha value is -0.910. The second-order valence-electron chi connectivity index (χ2n) is 8.01. The minimum absolute atomic E-state index is 0.105. The third-order valence-electron chi connectivity index (χ3n) is 6.11. The van der Waals surface area contributed by atoms with Crippen molar-refractivity contribution in [3.63, 3.8) is 0 Å². The molecule has 2 fully saturated rings. The molecule has 26 heavy (non-hydrogen) atoms. The number of likely N-dealkylation sites (tertiary alicyclic amines) is 1. The number of nitrogens with one attached hydrogen (secondary N) is 1. The van der Waals surface area contributed by atoms with Gasteiger partial charge in [0.05, 0.1) is 0 Å². The summed E-state index contributed by atoms with van der Waals surface area (Å²) in [6.45, 7) is 7.94. The van der Waals surface area contributed by atoms with Crippen molar-refractivity contribution in [1.29, 1.82) is 0 Å². The van der Waals surface area contributed by atoms with Crippen molar-refractivity contribution in [2.24, 2.45) is 11.8 Å². The van der Waals surface area contributed by atoms with Crippen LogP contribution in [0, 0.1) is 25.7 Å². The summed E-state index contributed by atoms with van der Waals surface area (Å²) in [7, 11) is 0. The highest BCUT2D eigenvalue weighted by molar-refractivity contribution is 9.10. The minimum Gasteiger partial charge on any atom is -0.383 e. The van der Waals surface area contributed by atoms with Gasteiger partial charge in [0.2, 0.25) is 0 Å². The molecule has 4 nitrogen and oxygen atoms in total. The molecule has 3 rings (SSSR count). The number of aryl methyl sites for hydroxylation is 2. The maximum atomic E-state index is 12.7. The van der Waals surface area contributed by atoms with Gasteiger partial charge in [-0.1, -0.05) is 28.1 Å². The Labute approximate surface area is 165 Å². The van der Waals surface area contributed by atoms with E-state index in [1.807, 2.05) is 18.7 Å². The first-order chi connectivity index (χ1) is 12.5. The van der Waals surface area contributed by atoms with Crippen LogP contribution in [0.1, 0.15) is 42.4 Å². The molecule has 0 spiro atoms. The van der Waals surface area contributed by atoms with Gasteiger partial charge in [-0.3, -0.25) is 4.79 Å². The summed E-state index contributed by atoms with van der Waals surface area (Å²) in [4.78, 5) is 14.6. The van der Waals surface area contributed by atoms with E-state index in [9.17, 15) is 9.90 Å².